The summed E-state index contributed by atoms with van der Waals surface area (Å²) in [5, 5.41) is 9.50. The van der Waals surface area contributed by atoms with Gasteiger partial charge in [0.25, 0.3) is 0 Å². The molecule has 1 aliphatic heterocycles. The topological polar surface area (TPSA) is 66.8 Å². The van der Waals surface area contributed by atoms with Crippen LogP contribution in [-0.2, 0) is 9.53 Å². The normalized spacial score (nSPS) is 21.8. The van der Waals surface area contributed by atoms with Crippen molar-refractivity contribution < 1.29 is 23.8 Å². The summed E-state index contributed by atoms with van der Waals surface area (Å²) in [6, 6.07) is 5.88. The van der Waals surface area contributed by atoms with Crippen molar-refractivity contribution >= 4 is 12.1 Å². The van der Waals surface area contributed by atoms with Gasteiger partial charge in [0.1, 0.15) is 11.4 Å². The third-order valence-corrected chi connectivity index (χ3v) is 3.88. The number of rotatable bonds is 2. The number of carbonyl (C=O) groups excluding carboxylic acids is 1. The molecule has 1 saturated heterocycles. The summed E-state index contributed by atoms with van der Waals surface area (Å²) in [6.45, 7) is 5.81. The van der Waals surface area contributed by atoms with Gasteiger partial charge in [0.05, 0.1) is 5.92 Å². The molecule has 1 amide bonds. The molecular weight excluding hydrogens is 301 g/mol. The lowest BCUT2D eigenvalue weighted by Gasteiger charge is -2.37. The number of benzene rings is 1. The van der Waals surface area contributed by atoms with Crippen LogP contribution in [0.25, 0.3) is 0 Å². The molecule has 2 unspecified atom stereocenters. The quantitative estimate of drug-likeness (QED) is 0.907. The Morgan fingerprint density at radius 2 is 1.87 bits per heavy atom. The Labute approximate surface area is 135 Å². The molecule has 0 saturated carbocycles. The van der Waals surface area contributed by atoms with E-state index in [9.17, 15) is 19.1 Å². The molecule has 1 fully saturated rings. The van der Waals surface area contributed by atoms with Gasteiger partial charge in [-0.2, -0.15) is 0 Å². The Morgan fingerprint density at radius 3 is 2.39 bits per heavy atom. The monoisotopic (exact) mass is 323 g/mol. The van der Waals surface area contributed by atoms with Gasteiger partial charge in [-0.1, -0.05) is 12.1 Å². The van der Waals surface area contributed by atoms with Crippen LogP contribution >= 0.6 is 0 Å². The average Bonchev–Trinajstić information content (AvgIpc) is 2.45. The van der Waals surface area contributed by atoms with Gasteiger partial charge < -0.3 is 14.7 Å². The third-order valence-electron chi connectivity index (χ3n) is 3.88. The molecule has 2 rings (SSSR count). The molecule has 1 N–H and O–H groups in total. The zero-order valence-electron chi connectivity index (χ0n) is 13.6. The van der Waals surface area contributed by atoms with Gasteiger partial charge >= 0.3 is 12.1 Å². The van der Waals surface area contributed by atoms with Crippen LogP contribution in [0.15, 0.2) is 24.3 Å². The van der Waals surface area contributed by atoms with Crippen LogP contribution < -0.4 is 0 Å². The summed E-state index contributed by atoms with van der Waals surface area (Å²) in [5.74, 6) is -2.30. The second-order valence-corrected chi connectivity index (χ2v) is 6.82. The minimum absolute atomic E-state index is 0.0896. The van der Waals surface area contributed by atoms with Crippen molar-refractivity contribution in [2.24, 2.45) is 5.92 Å². The van der Waals surface area contributed by atoms with Gasteiger partial charge in [-0.3, -0.25) is 4.79 Å². The van der Waals surface area contributed by atoms with Crippen LogP contribution in [0.4, 0.5) is 9.18 Å². The van der Waals surface area contributed by atoms with E-state index in [-0.39, 0.29) is 18.3 Å². The first-order valence-corrected chi connectivity index (χ1v) is 7.63. The smallest absolute Gasteiger partial charge is 0.410 e. The predicted octanol–water partition coefficient (Wildman–Crippen LogP) is 3.25. The maximum absolute atomic E-state index is 13.0. The summed E-state index contributed by atoms with van der Waals surface area (Å²) in [6.07, 6.45) is 0.00304. The van der Waals surface area contributed by atoms with Crippen molar-refractivity contribution in [1.82, 2.24) is 4.90 Å². The standard InChI is InChI=1S/C17H22FNO4/c1-17(2,3)23-16(22)19-9-8-13(14(10-19)15(20)21)11-4-6-12(18)7-5-11/h4-7,13-14H,8-10H2,1-3H3,(H,20,21). The van der Waals surface area contributed by atoms with Crippen molar-refractivity contribution in [1.29, 1.82) is 0 Å². The molecular formula is C17H22FNO4. The fourth-order valence-corrected chi connectivity index (χ4v) is 2.80. The number of carbonyl (C=O) groups is 2. The lowest BCUT2D eigenvalue weighted by atomic mass is 9.80. The first kappa shape index (κ1) is 17.2. The van der Waals surface area contributed by atoms with Gasteiger partial charge in [0.2, 0.25) is 0 Å². The Kier molecular flexibility index (Phi) is 4.92. The molecule has 23 heavy (non-hydrogen) atoms. The fraction of sp³-hybridized carbons (Fsp3) is 0.529. The zero-order chi connectivity index (χ0) is 17.2. The zero-order valence-corrected chi connectivity index (χ0v) is 13.6. The highest BCUT2D eigenvalue weighted by atomic mass is 19.1. The number of carboxylic acid groups (broad SMARTS) is 1. The van der Waals surface area contributed by atoms with E-state index in [1.807, 2.05) is 0 Å². The second kappa shape index (κ2) is 6.56. The predicted molar refractivity (Wildman–Crippen MR) is 82.7 cm³/mol. The summed E-state index contributed by atoms with van der Waals surface area (Å²) in [7, 11) is 0. The second-order valence-electron chi connectivity index (χ2n) is 6.82. The highest BCUT2D eigenvalue weighted by molar-refractivity contribution is 5.74. The van der Waals surface area contributed by atoms with E-state index in [4.69, 9.17) is 4.74 Å². The number of aliphatic carboxylic acids is 1. The first-order valence-electron chi connectivity index (χ1n) is 7.63. The minimum atomic E-state index is -0.965. The largest absolute Gasteiger partial charge is 0.481 e. The van der Waals surface area contributed by atoms with Gasteiger partial charge in [-0.25, -0.2) is 9.18 Å². The van der Waals surface area contributed by atoms with E-state index in [2.05, 4.69) is 0 Å². The highest BCUT2D eigenvalue weighted by Gasteiger charge is 2.38. The summed E-state index contributed by atoms with van der Waals surface area (Å²) < 4.78 is 18.4. The number of nitrogens with zero attached hydrogens (tertiary/aromatic N) is 1. The van der Waals surface area contributed by atoms with E-state index in [1.54, 1.807) is 32.9 Å². The molecule has 126 valence electrons. The molecule has 6 heteroatoms. The molecule has 1 aromatic rings. The Hall–Kier alpha value is -2.11. The van der Waals surface area contributed by atoms with Gasteiger partial charge in [0.15, 0.2) is 0 Å². The molecule has 2 atom stereocenters. The minimum Gasteiger partial charge on any atom is -0.481 e. The van der Waals surface area contributed by atoms with Gasteiger partial charge in [-0.15, -0.1) is 0 Å². The molecule has 0 aromatic heterocycles. The average molecular weight is 323 g/mol. The molecule has 5 nitrogen and oxygen atoms in total. The number of likely N-dealkylation sites (tertiary alicyclic amines) is 1. The maximum Gasteiger partial charge on any atom is 0.410 e. The lowest BCUT2D eigenvalue weighted by molar-refractivity contribution is -0.144. The van der Waals surface area contributed by atoms with E-state index < -0.39 is 23.6 Å². The summed E-state index contributed by atoms with van der Waals surface area (Å²) in [5.41, 5.74) is 0.159. The van der Waals surface area contributed by atoms with E-state index in [0.717, 1.165) is 5.56 Å². The highest BCUT2D eigenvalue weighted by Crippen LogP contribution is 2.34. The van der Waals surface area contributed by atoms with E-state index in [1.165, 1.54) is 17.0 Å². The van der Waals surface area contributed by atoms with Crippen molar-refractivity contribution in [3.8, 4) is 0 Å². The maximum atomic E-state index is 13.0. The van der Waals surface area contributed by atoms with Crippen LogP contribution in [0, 0.1) is 11.7 Å². The molecule has 0 aliphatic carbocycles. The molecule has 0 bridgehead atoms. The Balaban J connectivity index is 2.13. The van der Waals surface area contributed by atoms with Crippen molar-refractivity contribution in [2.45, 2.75) is 38.7 Å². The van der Waals surface area contributed by atoms with Gasteiger partial charge in [-0.05, 0) is 44.9 Å². The third kappa shape index (κ3) is 4.43. The SMILES string of the molecule is CC(C)(C)OC(=O)N1CCC(c2ccc(F)cc2)C(C(=O)O)C1. The van der Waals surface area contributed by atoms with Crippen molar-refractivity contribution in [3.05, 3.63) is 35.6 Å². The number of hydrogen-bond donors (Lipinski definition) is 1. The van der Waals surface area contributed by atoms with Crippen LogP contribution in [-0.4, -0.2) is 40.8 Å². The summed E-state index contributed by atoms with van der Waals surface area (Å²) in [4.78, 5) is 25.2. The number of ether oxygens (including phenoxy) is 1. The van der Waals surface area contributed by atoms with Crippen molar-refractivity contribution in [2.75, 3.05) is 13.1 Å². The first-order chi connectivity index (χ1) is 10.7. The van der Waals surface area contributed by atoms with Crippen LogP contribution in [0.3, 0.4) is 0 Å². The summed E-state index contributed by atoms with van der Waals surface area (Å²) >= 11 is 0. The van der Waals surface area contributed by atoms with Crippen LogP contribution in [0.5, 0.6) is 0 Å². The number of carboxylic acids is 1. The molecule has 1 heterocycles. The van der Waals surface area contributed by atoms with Gasteiger partial charge in [0, 0.05) is 19.0 Å². The number of amides is 1. The molecule has 0 spiro atoms. The number of hydrogen-bond acceptors (Lipinski definition) is 3. The lowest BCUT2D eigenvalue weighted by Crippen LogP contribution is -2.47. The Morgan fingerprint density at radius 1 is 1.26 bits per heavy atom. The molecule has 1 aromatic carbocycles. The van der Waals surface area contributed by atoms with Crippen molar-refractivity contribution in [3.63, 3.8) is 0 Å². The molecule has 0 radical (unpaired) electrons. The van der Waals surface area contributed by atoms with E-state index >= 15 is 0 Å². The fourth-order valence-electron chi connectivity index (χ4n) is 2.80. The Bertz CT molecular complexity index is 579. The molecule has 1 aliphatic rings. The van der Waals surface area contributed by atoms with Crippen LogP contribution in [0.1, 0.15) is 38.7 Å². The number of halogens is 1. The number of piperidine rings is 1. The van der Waals surface area contributed by atoms with E-state index in [0.29, 0.717) is 13.0 Å². The van der Waals surface area contributed by atoms with Crippen LogP contribution in [0.2, 0.25) is 0 Å².